The maximum Gasteiger partial charge on any atom is 0.265 e. The maximum absolute atomic E-state index is 13.4. The molecule has 0 saturated carbocycles. The van der Waals surface area contributed by atoms with Crippen molar-refractivity contribution in [3.8, 4) is 5.75 Å². The number of halogens is 2. The van der Waals surface area contributed by atoms with E-state index in [1.54, 1.807) is 31.4 Å². The summed E-state index contributed by atoms with van der Waals surface area (Å²) in [4.78, 5) is 12.5. The molecule has 1 amide bonds. The molecule has 0 aromatic heterocycles. The highest BCUT2D eigenvalue weighted by atomic mass is 19.2. The predicted octanol–water partition coefficient (Wildman–Crippen LogP) is 2.44. The molecular weight excluding hydrogens is 342 g/mol. The van der Waals surface area contributed by atoms with E-state index in [0.29, 0.717) is 31.8 Å². The van der Waals surface area contributed by atoms with E-state index in [9.17, 15) is 13.6 Å². The van der Waals surface area contributed by atoms with Crippen LogP contribution in [0, 0.1) is 11.6 Å². The minimum absolute atomic E-state index is 0.0751. The lowest BCUT2D eigenvalue weighted by molar-refractivity contribution is -0.128. The Balaban J connectivity index is 2.01. The van der Waals surface area contributed by atoms with Crippen LogP contribution in [0.15, 0.2) is 48.5 Å². The Bertz CT molecular complexity index is 698. The summed E-state index contributed by atoms with van der Waals surface area (Å²) >= 11 is 0. The van der Waals surface area contributed by atoms with Gasteiger partial charge in [-0.15, -0.1) is 0 Å². The third-order valence-corrected chi connectivity index (χ3v) is 3.57. The molecule has 2 aromatic rings. The van der Waals surface area contributed by atoms with Crippen molar-refractivity contribution in [3.63, 3.8) is 0 Å². The van der Waals surface area contributed by atoms with Gasteiger partial charge in [0.15, 0.2) is 11.6 Å². The van der Waals surface area contributed by atoms with E-state index in [4.69, 9.17) is 9.47 Å². The third kappa shape index (κ3) is 6.09. The number of rotatable bonds is 10. The molecule has 2 N–H and O–H groups in total. The predicted molar refractivity (Wildman–Crippen MR) is 93.9 cm³/mol. The first-order valence-electron chi connectivity index (χ1n) is 8.26. The number of carbonyl (C=O) groups excluding carboxylic acids is 1. The van der Waals surface area contributed by atoms with Crippen LogP contribution in [0.5, 0.6) is 5.75 Å². The summed E-state index contributed by atoms with van der Waals surface area (Å²) in [6.07, 6.45) is -0.972. The summed E-state index contributed by atoms with van der Waals surface area (Å²) in [5.41, 5.74) is 0.613. The first kappa shape index (κ1) is 19.8. The van der Waals surface area contributed by atoms with Gasteiger partial charge in [0.1, 0.15) is 5.75 Å². The van der Waals surface area contributed by atoms with Gasteiger partial charge in [0, 0.05) is 38.4 Å². The molecular formula is C19H22F2N2O3. The zero-order chi connectivity index (χ0) is 18.8. The molecule has 0 saturated heterocycles. The number of benzene rings is 2. The van der Waals surface area contributed by atoms with Crippen LogP contribution < -0.4 is 15.4 Å². The molecule has 0 heterocycles. The van der Waals surface area contributed by atoms with Crippen molar-refractivity contribution in [2.45, 2.75) is 6.10 Å². The van der Waals surface area contributed by atoms with Crippen molar-refractivity contribution >= 4 is 5.91 Å². The number of amides is 1. The fourth-order valence-corrected chi connectivity index (χ4v) is 2.25. The van der Waals surface area contributed by atoms with Crippen LogP contribution in [-0.2, 0) is 9.53 Å². The molecule has 0 aliphatic heterocycles. The topological polar surface area (TPSA) is 59.6 Å². The molecule has 0 spiro atoms. The lowest BCUT2D eigenvalue weighted by atomic mass is 10.1. The summed E-state index contributed by atoms with van der Waals surface area (Å²) in [5, 5.41) is 5.88. The van der Waals surface area contributed by atoms with Crippen molar-refractivity contribution in [1.29, 1.82) is 0 Å². The second kappa shape index (κ2) is 10.5. The molecule has 0 aliphatic carbocycles. The van der Waals surface area contributed by atoms with Crippen LogP contribution >= 0.6 is 0 Å². The second-order valence-corrected chi connectivity index (χ2v) is 5.52. The minimum atomic E-state index is -1.03. The molecule has 2 aromatic carbocycles. The molecule has 26 heavy (non-hydrogen) atoms. The van der Waals surface area contributed by atoms with Crippen molar-refractivity contribution in [2.24, 2.45) is 0 Å². The van der Waals surface area contributed by atoms with Gasteiger partial charge in [0.2, 0.25) is 6.10 Å². The van der Waals surface area contributed by atoms with Crippen molar-refractivity contribution < 1.29 is 23.0 Å². The average molecular weight is 364 g/mol. The smallest absolute Gasteiger partial charge is 0.265 e. The van der Waals surface area contributed by atoms with Gasteiger partial charge in [-0.05, 0) is 12.1 Å². The monoisotopic (exact) mass is 364 g/mol. The van der Waals surface area contributed by atoms with Gasteiger partial charge in [0.25, 0.3) is 5.91 Å². The lowest BCUT2D eigenvalue weighted by Crippen LogP contribution is -2.37. The van der Waals surface area contributed by atoms with E-state index < -0.39 is 17.7 Å². The van der Waals surface area contributed by atoms with Crippen LogP contribution in [0.2, 0.25) is 0 Å². The molecule has 0 bridgehead atoms. The van der Waals surface area contributed by atoms with Gasteiger partial charge >= 0.3 is 0 Å². The average Bonchev–Trinajstić information content (AvgIpc) is 2.66. The molecule has 0 fully saturated rings. The van der Waals surface area contributed by atoms with Crippen LogP contribution in [-0.4, -0.2) is 39.3 Å². The van der Waals surface area contributed by atoms with Gasteiger partial charge in [-0.2, -0.15) is 0 Å². The number of carbonyl (C=O) groups is 1. The highest BCUT2D eigenvalue weighted by molar-refractivity contribution is 5.82. The van der Waals surface area contributed by atoms with Gasteiger partial charge in [0.05, 0.1) is 6.61 Å². The molecule has 0 aliphatic rings. The van der Waals surface area contributed by atoms with E-state index in [1.807, 2.05) is 6.07 Å². The highest BCUT2D eigenvalue weighted by Gasteiger charge is 2.22. The van der Waals surface area contributed by atoms with E-state index in [2.05, 4.69) is 10.6 Å². The highest BCUT2D eigenvalue weighted by Crippen LogP contribution is 2.24. The Labute approximate surface area is 151 Å². The van der Waals surface area contributed by atoms with Crippen molar-refractivity contribution in [2.75, 3.05) is 33.4 Å². The Morgan fingerprint density at radius 1 is 1.04 bits per heavy atom. The standard InChI is InChI=1S/C19H22F2N2O3/c1-25-12-11-22-9-10-23-19(24)18(14-5-3-2-4-6-14)26-15-7-8-16(20)17(21)13-15/h2-8,13,18,22H,9-12H2,1H3,(H,23,24). The number of hydrogen-bond donors (Lipinski definition) is 2. The Morgan fingerprint density at radius 3 is 2.50 bits per heavy atom. The largest absolute Gasteiger partial charge is 0.476 e. The third-order valence-electron chi connectivity index (χ3n) is 3.57. The Morgan fingerprint density at radius 2 is 1.81 bits per heavy atom. The fourth-order valence-electron chi connectivity index (χ4n) is 2.25. The fraction of sp³-hybridized carbons (Fsp3) is 0.316. The molecule has 7 heteroatoms. The lowest BCUT2D eigenvalue weighted by Gasteiger charge is -2.19. The SMILES string of the molecule is COCCNCCNC(=O)C(Oc1ccc(F)c(F)c1)c1ccccc1. The molecule has 1 unspecified atom stereocenters. The van der Waals surface area contributed by atoms with Crippen molar-refractivity contribution in [3.05, 3.63) is 65.7 Å². The van der Waals surface area contributed by atoms with Gasteiger partial charge in [-0.1, -0.05) is 30.3 Å². The Kier molecular flexibility index (Phi) is 7.98. The summed E-state index contributed by atoms with van der Waals surface area (Å²) in [6, 6.07) is 12.0. The number of hydrogen-bond acceptors (Lipinski definition) is 4. The van der Waals surface area contributed by atoms with E-state index in [1.165, 1.54) is 6.07 Å². The summed E-state index contributed by atoms with van der Waals surface area (Å²) in [7, 11) is 1.61. The number of methoxy groups -OCH3 is 1. The zero-order valence-electron chi connectivity index (χ0n) is 14.5. The summed E-state index contributed by atoms with van der Waals surface area (Å²) < 4.78 is 37.1. The normalized spacial score (nSPS) is 11.8. The van der Waals surface area contributed by atoms with Crippen molar-refractivity contribution in [1.82, 2.24) is 10.6 Å². The second-order valence-electron chi connectivity index (χ2n) is 5.52. The quantitative estimate of drug-likeness (QED) is 0.636. The molecule has 1 atom stereocenters. The maximum atomic E-state index is 13.4. The van der Waals surface area contributed by atoms with Gasteiger partial charge in [-0.3, -0.25) is 4.79 Å². The van der Waals surface area contributed by atoms with Crippen LogP contribution in [0.1, 0.15) is 11.7 Å². The number of ether oxygens (including phenoxy) is 2. The first-order chi connectivity index (χ1) is 12.6. The molecule has 0 radical (unpaired) electrons. The minimum Gasteiger partial charge on any atom is -0.476 e. The summed E-state index contributed by atoms with van der Waals surface area (Å²) in [6.45, 7) is 2.23. The van der Waals surface area contributed by atoms with Crippen LogP contribution in [0.4, 0.5) is 8.78 Å². The summed E-state index contributed by atoms with van der Waals surface area (Å²) in [5.74, 6) is -2.29. The van der Waals surface area contributed by atoms with Gasteiger partial charge < -0.3 is 20.1 Å². The first-order valence-corrected chi connectivity index (χ1v) is 8.26. The molecule has 5 nitrogen and oxygen atoms in total. The molecule has 140 valence electrons. The zero-order valence-corrected chi connectivity index (χ0v) is 14.5. The Hall–Kier alpha value is -2.51. The van der Waals surface area contributed by atoms with Crippen LogP contribution in [0.3, 0.4) is 0 Å². The van der Waals surface area contributed by atoms with E-state index in [0.717, 1.165) is 12.1 Å². The van der Waals surface area contributed by atoms with Crippen LogP contribution in [0.25, 0.3) is 0 Å². The van der Waals surface area contributed by atoms with E-state index >= 15 is 0 Å². The number of nitrogens with one attached hydrogen (secondary N) is 2. The molecule has 2 rings (SSSR count). The van der Waals surface area contributed by atoms with E-state index in [-0.39, 0.29) is 11.7 Å². The van der Waals surface area contributed by atoms with Gasteiger partial charge in [-0.25, -0.2) is 8.78 Å².